The van der Waals surface area contributed by atoms with Crippen molar-refractivity contribution >= 4 is 5.91 Å². The smallest absolute Gasteiger partial charge is 0.369 e. The molecule has 0 aliphatic heterocycles. The van der Waals surface area contributed by atoms with Crippen LogP contribution >= 0.6 is 0 Å². The molecule has 0 spiro atoms. The van der Waals surface area contributed by atoms with Gasteiger partial charge in [0.2, 0.25) is 11.7 Å². The van der Waals surface area contributed by atoms with Crippen LogP contribution in [0, 0.1) is 11.8 Å². The highest BCUT2D eigenvalue weighted by atomic mass is 19.4. The normalized spacial score (nSPS) is 10.4. The number of carbonyl (C=O) groups is 1. The van der Waals surface area contributed by atoms with Gasteiger partial charge < -0.3 is 5.73 Å². The first-order valence-electron chi connectivity index (χ1n) is 4.06. The van der Waals surface area contributed by atoms with Gasteiger partial charge >= 0.3 is 6.18 Å². The molecule has 0 aliphatic carbocycles. The third-order valence-corrected chi connectivity index (χ3v) is 1.40. The number of primary amides is 1. The van der Waals surface area contributed by atoms with Crippen molar-refractivity contribution in [3.05, 3.63) is 23.8 Å². The van der Waals surface area contributed by atoms with Crippen molar-refractivity contribution in [3.8, 4) is 11.8 Å². The molecule has 0 aromatic carbocycles. The van der Waals surface area contributed by atoms with Crippen LogP contribution in [0.25, 0.3) is 0 Å². The number of nitrogens with two attached hydrogens (primary N) is 1. The van der Waals surface area contributed by atoms with E-state index in [0.717, 1.165) is 12.4 Å². The fourth-order valence-electron chi connectivity index (χ4n) is 0.772. The topological polar surface area (TPSA) is 68.9 Å². The van der Waals surface area contributed by atoms with E-state index in [0.29, 0.717) is 0 Å². The maximum Gasteiger partial charge on any atom is 0.451 e. The third-order valence-electron chi connectivity index (χ3n) is 1.40. The molecule has 84 valence electrons. The van der Waals surface area contributed by atoms with Gasteiger partial charge in [0.05, 0.1) is 12.0 Å². The van der Waals surface area contributed by atoms with Crippen LogP contribution in [-0.4, -0.2) is 15.9 Å². The minimum absolute atomic E-state index is 0.166. The molecule has 1 aromatic heterocycles. The van der Waals surface area contributed by atoms with E-state index < -0.39 is 17.9 Å². The Labute approximate surface area is 88.7 Å². The largest absolute Gasteiger partial charge is 0.451 e. The summed E-state index contributed by atoms with van der Waals surface area (Å²) in [5, 5.41) is 0. The Hall–Kier alpha value is -2.10. The van der Waals surface area contributed by atoms with E-state index in [4.69, 9.17) is 5.73 Å². The van der Waals surface area contributed by atoms with Crippen LogP contribution in [0.3, 0.4) is 0 Å². The molecule has 0 atom stereocenters. The number of rotatable bonds is 1. The molecule has 1 aromatic rings. The van der Waals surface area contributed by atoms with E-state index in [2.05, 4.69) is 21.8 Å². The number of amides is 1. The molecule has 0 unspecified atom stereocenters. The first-order valence-corrected chi connectivity index (χ1v) is 4.06. The van der Waals surface area contributed by atoms with E-state index in [1.54, 1.807) is 0 Å². The number of carbonyl (C=O) groups excluding carboxylic acids is 1. The Kier molecular flexibility index (Phi) is 3.45. The van der Waals surface area contributed by atoms with Crippen molar-refractivity contribution in [1.29, 1.82) is 0 Å². The van der Waals surface area contributed by atoms with Crippen LogP contribution in [0.4, 0.5) is 13.2 Å². The van der Waals surface area contributed by atoms with Gasteiger partial charge in [0.25, 0.3) is 0 Å². The minimum atomic E-state index is -4.57. The van der Waals surface area contributed by atoms with Crippen LogP contribution in [0.5, 0.6) is 0 Å². The molecule has 1 heterocycles. The second-order valence-corrected chi connectivity index (χ2v) is 2.74. The van der Waals surface area contributed by atoms with Crippen LogP contribution in [-0.2, 0) is 11.0 Å². The molecular formula is C9H6F3N3O. The molecule has 7 heteroatoms. The van der Waals surface area contributed by atoms with Gasteiger partial charge in [0.1, 0.15) is 0 Å². The Morgan fingerprint density at radius 1 is 1.38 bits per heavy atom. The van der Waals surface area contributed by atoms with Gasteiger partial charge in [0.15, 0.2) is 0 Å². The van der Waals surface area contributed by atoms with Crippen molar-refractivity contribution in [2.75, 3.05) is 0 Å². The second kappa shape index (κ2) is 4.61. The highest BCUT2D eigenvalue weighted by Gasteiger charge is 2.34. The molecule has 1 amide bonds. The van der Waals surface area contributed by atoms with E-state index in [1.165, 1.54) is 0 Å². The number of aromatic nitrogens is 2. The number of halogens is 3. The van der Waals surface area contributed by atoms with Crippen LogP contribution < -0.4 is 5.73 Å². The zero-order valence-corrected chi connectivity index (χ0v) is 7.88. The summed E-state index contributed by atoms with van der Waals surface area (Å²) in [4.78, 5) is 16.5. The molecule has 4 nitrogen and oxygen atoms in total. The zero-order valence-electron chi connectivity index (χ0n) is 7.88. The number of alkyl halides is 3. The van der Waals surface area contributed by atoms with E-state index >= 15 is 0 Å². The maximum atomic E-state index is 12.1. The van der Waals surface area contributed by atoms with E-state index in [9.17, 15) is 18.0 Å². The lowest BCUT2D eigenvalue weighted by Crippen LogP contribution is -2.10. The van der Waals surface area contributed by atoms with Crippen LogP contribution in [0.2, 0.25) is 0 Å². The van der Waals surface area contributed by atoms with Gasteiger partial charge in [-0.2, -0.15) is 13.2 Å². The average molecular weight is 229 g/mol. The Morgan fingerprint density at radius 2 is 1.94 bits per heavy atom. The Morgan fingerprint density at radius 3 is 2.38 bits per heavy atom. The van der Waals surface area contributed by atoms with Crippen molar-refractivity contribution in [2.45, 2.75) is 12.6 Å². The van der Waals surface area contributed by atoms with Gasteiger partial charge in [0, 0.05) is 12.4 Å². The molecular weight excluding hydrogens is 223 g/mol. The summed E-state index contributed by atoms with van der Waals surface area (Å²) in [5.41, 5.74) is 5.01. The monoisotopic (exact) mass is 229 g/mol. The SMILES string of the molecule is NC(=O)CC#Cc1cnc(C(F)(F)F)nc1. The maximum absolute atomic E-state index is 12.1. The average Bonchev–Trinajstić information content (AvgIpc) is 2.16. The lowest BCUT2D eigenvalue weighted by atomic mass is 10.3. The summed E-state index contributed by atoms with van der Waals surface area (Å²) in [5.74, 6) is 2.95. The summed E-state index contributed by atoms with van der Waals surface area (Å²) >= 11 is 0. The van der Waals surface area contributed by atoms with Gasteiger partial charge in [-0.25, -0.2) is 9.97 Å². The molecule has 1 rings (SSSR count). The summed E-state index contributed by atoms with van der Waals surface area (Å²) < 4.78 is 36.2. The second-order valence-electron chi connectivity index (χ2n) is 2.74. The summed E-state index contributed by atoms with van der Waals surface area (Å²) in [6.07, 6.45) is -2.87. The van der Waals surface area contributed by atoms with Gasteiger partial charge in [-0.15, -0.1) is 0 Å². The highest BCUT2D eigenvalue weighted by molar-refractivity contribution is 5.76. The number of hydrogen-bond donors (Lipinski definition) is 1. The molecule has 0 saturated heterocycles. The predicted molar refractivity (Wildman–Crippen MR) is 47.7 cm³/mol. The Balaban J connectivity index is 2.78. The molecule has 0 bridgehead atoms. The van der Waals surface area contributed by atoms with Crippen molar-refractivity contribution in [3.63, 3.8) is 0 Å². The van der Waals surface area contributed by atoms with Crippen molar-refractivity contribution in [1.82, 2.24) is 9.97 Å². The summed E-state index contributed by atoms with van der Waals surface area (Å²) in [7, 11) is 0. The molecule has 16 heavy (non-hydrogen) atoms. The van der Waals surface area contributed by atoms with Gasteiger partial charge in [-0.3, -0.25) is 4.79 Å². The number of hydrogen-bond acceptors (Lipinski definition) is 3. The van der Waals surface area contributed by atoms with Gasteiger partial charge in [-0.05, 0) is 0 Å². The molecule has 0 saturated carbocycles. The lowest BCUT2D eigenvalue weighted by Gasteiger charge is -2.02. The minimum Gasteiger partial charge on any atom is -0.369 e. The molecule has 0 aliphatic rings. The molecule has 2 N–H and O–H groups in total. The fourth-order valence-corrected chi connectivity index (χ4v) is 0.772. The summed E-state index contributed by atoms with van der Waals surface area (Å²) in [6, 6.07) is 0. The summed E-state index contributed by atoms with van der Waals surface area (Å²) in [6.45, 7) is 0. The zero-order chi connectivity index (χ0) is 12.2. The lowest BCUT2D eigenvalue weighted by molar-refractivity contribution is -0.145. The third kappa shape index (κ3) is 3.57. The quantitative estimate of drug-likeness (QED) is 0.721. The van der Waals surface area contributed by atoms with Crippen molar-refractivity contribution in [2.24, 2.45) is 5.73 Å². The van der Waals surface area contributed by atoms with E-state index in [1.807, 2.05) is 0 Å². The predicted octanol–water partition coefficient (Wildman–Crippen LogP) is 0.722. The fraction of sp³-hybridized carbons (Fsp3) is 0.222. The molecule has 0 radical (unpaired) electrons. The van der Waals surface area contributed by atoms with E-state index in [-0.39, 0.29) is 12.0 Å². The highest BCUT2D eigenvalue weighted by Crippen LogP contribution is 2.25. The number of nitrogens with zero attached hydrogens (tertiary/aromatic N) is 2. The molecule has 0 fully saturated rings. The Bertz CT molecular complexity index is 442. The first kappa shape index (κ1) is 12.0. The standard InChI is InChI=1S/C9H6F3N3O/c10-9(11,12)8-14-4-6(5-15-8)2-1-3-7(13)16/h4-5H,3H2,(H2,13,16). The van der Waals surface area contributed by atoms with Gasteiger partial charge in [-0.1, -0.05) is 11.8 Å². The van der Waals surface area contributed by atoms with Crippen LogP contribution in [0.1, 0.15) is 17.8 Å². The van der Waals surface area contributed by atoms with Crippen molar-refractivity contribution < 1.29 is 18.0 Å². The first-order chi connectivity index (χ1) is 7.39. The van der Waals surface area contributed by atoms with Crippen LogP contribution in [0.15, 0.2) is 12.4 Å².